The number of benzene rings is 1. The third kappa shape index (κ3) is 6.54. The number of sulfone groups is 1. The van der Waals surface area contributed by atoms with Crippen molar-refractivity contribution in [3.8, 4) is 0 Å². The normalized spacial score (nSPS) is 11.8. The van der Waals surface area contributed by atoms with Crippen LogP contribution < -0.4 is 5.32 Å². The van der Waals surface area contributed by atoms with Gasteiger partial charge in [-0.2, -0.15) is 5.10 Å². The summed E-state index contributed by atoms with van der Waals surface area (Å²) in [4.78, 5) is 6.43. The number of aromatic nitrogens is 2. The predicted octanol–water partition coefficient (Wildman–Crippen LogP) is 2.28. The summed E-state index contributed by atoms with van der Waals surface area (Å²) in [5.41, 5.74) is 1.05. The summed E-state index contributed by atoms with van der Waals surface area (Å²) in [7, 11) is 2.10. The molecule has 0 aliphatic rings. The Bertz CT molecular complexity index is 837. The summed E-state index contributed by atoms with van der Waals surface area (Å²) in [6.07, 6.45) is 3.73. The molecule has 0 aliphatic heterocycles. The van der Waals surface area contributed by atoms with E-state index in [0.29, 0.717) is 17.4 Å². The van der Waals surface area contributed by atoms with Gasteiger partial charge in [0.25, 0.3) is 0 Å². The van der Waals surface area contributed by atoms with Gasteiger partial charge < -0.3 is 10.2 Å². The van der Waals surface area contributed by atoms with E-state index in [9.17, 15) is 8.42 Å². The van der Waals surface area contributed by atoms with Crippen molar-refractivity contribution in [1.29, 1.82) is 0 Å². The molecule has 0 atom stereocenters. The Labute approximate surface area is 179 Å². The molecule has 2 aromatic rings. The van der Waals surface area contributed by atoms with Gasteiger partial charge >= 0.3 is 0 Å². The Morgan fingerprint density at radius 1 is 1.35 bits per heavy atom. The minimum Gasteiger partial charge on any atom is -0.355 e. The van der Waals surface area contributed by atoms with E-state index >= 15 is 0 Å². The summed E-state index contributed by atoms with van der Waals surface area (Å²) < 4.78 is 27.3. The second kappa shape index (κ2) is 10.3. The number of nitrogens with zero attached hydrogens (tertiary/aromatic N) is 4. The molecule has 1 aromatic heterocycles. The largest absolute Gasteiger partial charge is 0.355 e. The van der Waals surface area contributed by atoms with Gasteiger partial charge in [0.1, 0.15) is 0 Å². The van der Waals surface area contributed by atoms with Crippen LogP contribution in [-0.2, 0) is 23.4 Å². The molecule has 0 bridgehead atoms. The highest BCUT2D eigenvalue weighted by atomic mass is 127. The van der Waals surface area contributed by atoms with E-state index in [1.165, 1.54) is 0 Å². The maximum Gasteiger partial charge on any atom is 0.193 e. The van der Waals surface area contributed by atoms with Crippen LogP contribution in [0.15, 0.2) is 51.0 Å². The zero-order valence-corrected chi connectivity index (χ0v) is 19.6. The van der Waals surface area contributed by atoms with Crippen LogP contribution in [0.2, 0.25) is 0 Å². The van der Waals surface area contributed by atoms with Gasteiger partial charge in [0.15, 0.2) is 15.8 Å². The van der Waals surface area contributed by atoms with Crippen molar-refractivity contribution >= 4 is 55.7 Å². The van der Waals surface area contributed by atoms with Gasteiger partial charge in [0.05, 0.1) is 16.8 Å². The van der Waals surface area contributed by atoms with Crippen LogP contribution in [0.1, 0.15) is 5.56 Å². The molecule has 0 amide bonds. The standard InChI is InChI=1S/C16H22BrN5O2S.HI/c1-18-16(21(2)11-13-10-20-22(3)12-13)19-8-9-25(23,24)15-6-4-14(17)5-7-15;/h4-7,10,12H,8-9,11H2,1-3H3,(H,18,19);1H. The molecular weight excluding hydrogens is 533 g/mol. The average molecular weight is 556 g/mol. The van der Waals surface area contributed by atoms with Crippen molar-refractivity contribution in [2.45, 2.75) is 11.4 Å². The first kappa shape index (κ1) is 22.9. The highest BCUT2D eigenvalue weighted by Crippen LogP contribution is 2.15. The highest BCUT2D eigenvalue weighted by Gasteiger charge is 2.15. The first-order valence-corrected chi connectivity index (χ1v) is 10.1. The van der Waals surface area contributed by atoms with E-state index < -0.39 is 9.84 Å². The lowest BCUT2D eigenvalue weighted by atomic mass is 10.3. The van der Waals surface area contributed by atoms with Crippen molar-refractivity contribution in [1.82, 2.24) is 20.0 Å². The van der Waals surface area contributed by atoms with E-state index in [4.69, 9.17) is 0 Å². The molecule has 0 fully saturated rings. The lowest BCUT2D eigenvalue weighted by Gasteiger charge is -2.21. The summed E-state index contributed by atoms with van der Waals surface area (Å²) in [5.74, 6) is 0.629. The second-order valence-electron chi connectivity index (χ2n) is 5.63. The van der Waals surface area contributed by atoms with Crippen LogP contribution in [0, 0.1) is 0 Å². The molecule has 2 rings (SSSR count). The van der Waals surface area contributed by atoms with E-state index in [0.717, 1.165) is 10.0 Å². The molecule has 0 radical (unpaired) electrons. The Balaban J connectivity index is 0.00000338. The van der Waals surface area contributed by atoms with Crippen LogP contribution >= 0.6 is 39.9 Å². The molecule has 1 aromatic carbocycles. The topological polar surface area (TPSA) is 79.6 Å². The van der Waals surface area contributed by atoms with Crippen LogP contribution in [0.5, 0.6) is 0 Å². The number of rotatable bonds is 6. The minimum absolute atomic E-state index is 0. The Hall–Kier alpha value is -1.14. The summed E-state index contributed by atoms with van der Waals surface area (Å²) in [5, 5.41) is 7.23. The average Bonchev–Trinajstić information content (AvgIpc) is 2.96. The number of halogens is 2. The fraction of sp³-hybridized carbons (Fsp3) is 0.375. The molecule has 144 valence electrons. The van der Waals surface area contributed by atoms with Crippen LogP contribution in [0.3, 0.4) is 0 Å². The zero-order chi connectivity index (χ0) is 18.4. The van der Waals surface area contributed by atoms with Crippen molar-refractivity contribution in [2.75, 3.05) is 26.4 Å². The number of aryl methyl sites for hydroxylation is 1. The van der Waals surface area contributed by atoms with Crippen LogP contribution in [-0.4, -0.2) is 55.5 Å². The second-order valence-corrected chi connectivity index (χ2v) is 8.65. The van der Waals surface area contributed by atoms with Crippen molar-refractivity contribution in [3.63, 3.8) is 0 Å². The molecule has 0 aliphatic carbocycles. The molecule has 0 unspecified atom stereocenters. The maximum atomic E-state index is 12.4. The number of guanidine groups is 1. The zero-order valence-electron chi connectivity index (χ0n) is 14.9. The molecule has 0 spiro atoms. The SMILES string of the molecule is CN=C(NCCS(=O)(=O)c1ccc(Br)cc1)N(C)Cc1cnn(C)c1.I. The number of aliphatic imine (C=N–C) groups is 1. The Morgan fingerprint density at radius 2 is 2.00 bits per heavy atom. The molecule has 1 heterocycles. The molecular formula is C16H23BrIN5O2S. The van der Waals surface area contributed by atoms with Crippen molar-refractivity contribution < 1.29 is 8.42 Å². The first-order chi connectivity index (χ1) is 11.8. The van der Waals surface area contributed by atoms with Gasteiger partial charge in [-0.05, 0) is 24.3 Å². The minimum atomic E-state index is -3.33. The quantitative estimate of drug-likeness (QED) is 0.336. The maximum absolute atomic E-state index is 12.4. The molecule has 0 saturated heterocycles. The van der Waals surface area contributed by atoms with Crippen molar-refractivity contribution in [3.05, 3.63) is 46.7 Å². The monoisotopic (exact) mass is 555 g/mol. The van der Waals surface area contributed by atoms with Gasteiger partial charge in [0, 0.05) is 50.5 Å². The number of nitrogens with one attached hydrogen (secondary N) is 1. The van der Waals surface area contributed by atoms with Crippen molar-refractivity contribution in [2.24, 2.45) is 12.0 Å². The van der Waals surface area contributed by atoms with E-state index in [1.807, 2.05) is 25.2 Å². The van der Waals surface area contributed by atoms with Gasteiger partial charge in [0.2, 0.25) is 0 Å². The fourth-order valence-corrected chi connectivity index (χ4v) is 3.77. The van der Waals surface area contributed by atoms with E-state index in [1.54, 1.807) is 42.2 Å². The van der Waals surface area contributed by atoms with Gasteiger partial charge in [-0.15, -0.1) is 24.0 Å². The lowest BCUT2D eigenvalue weighted by molar-refractivity contribution is 0.478. The summed E-state index contributed by atoms with van der Waals surface area (Å²) >= 11 is 3.30. The molecule has 10 heteroatoms. The van der Waals surface area contributed by atoms with Crippen LogP contribution in [0.25, 0.3) is 0 Å². The first-order valence-electron chi connectivity index (χ1n) is 7.69. The smallest absolute Gasteiger partial charge is 0.193 e. The number of hydrogen-bond donors (Lipinski definition) is 1. The Morgan fingerprint density at radius 3 is 2.54 bits per heavy atom. The van der Waals surface area contributed by atoms with Gasteiger partial charge in [-0.25, -0.2) is 8.42 Å². The lowest BCUT2D eigenvalue weighted by Crippen LogP contribution is -2.40. The third-order valence-corrected chi connectivity index (χ3v) is 5.84. The molecule has 1 N–H and O–H groups in total. The number of hydrogen-bond acceptors (Lipinski definition) is 4. The summed E-state index contributed by atoms with van der Waals surface area (Å²) in [6, 6.07) is 6.65. The molecule has 0 saturated carbocycles. The van der Waals surface area contributed by atoms with Crippen LogP contribution in [0.4, 0.5) is 0 Å². The molecule has 7 nitrogen and oxygen atoms in total. The van der Waals surface area contributed by atoms with Gasteiger partial charge in [-0.1, -0.05) is 15.9 Å². The van der Waals surface area contributed by atoms with E-state index in [-0.39, 0.29) is 36.3 Å². The highest BCUT2D eigenvalue weighted by molar-refractivity contribution is 14.0. The predicted molar refractivity (Wildman–Crippen MR) is 118 cm³/mol. The van der Waals surface area contributed by atoms with E-state index in [2.05, 4.69) is 31.3 Å². The Kier molecular flexibility index (Phi) is 9.04. The molecule has 26 heavy (non-hydrogen) atoms. The van der Waals surface area contributed by atoms with Gasteiger partial charge in [-0.3, -0.25) is 9.67 Å². The summed E-state index contributed by atoms with van der Waals surface area (Å²) in [6.45, 7) is 0.912. The fourth-order valence-electron chi connectivity index (χ4n) is 2.34. The third-order valence-electron chi connectivity index (χ3n) is 3.58.